The first-order valence-corrected chi connectivity index (χ1v) is 7.31. The molecule has 1 saturated carbocycles. The molecule has 0 unspecified atom stereocenters. The zero-order valence-corrected chi connectivity index (χ0v) is 12.2. The van der Waals surface area contributed by atoms with E-state index in [-0.39, 0.29) is 0 Å². The van der Waals surface area contributed by atoms with Crippen LogP contribution in [0.4, 0.5) is 0 Å². The van der Waals surface area contributed by atoms with Gasteiger partial charge in [0.2, 0.25) is 0 Å². The van der Waals surface area contributed by atoms with Crippen LogP contribution in [0.2, 0.25) is 0 Å². The second kappa shape index (κ2) is 5.71. The summed E-state index contributed by atoms with van der Waals surface area (Å²) in [5, 5.41) is 3.51. The van der Waals surface area contributed by atoms with Crippen molar-refractivity contribution >= 4 is 0 Å². The van der Waals surface area contributed by atoms with Crippen LogP contribution in [0.3, 0.4) is 0 Å². The van der Waals surface area contributed by atoms with Crippen LogP contribution in [-0.2, 0) is 13.0 Å². The van der Waals surface area contributed by atoms with E-state index >= 15 is 0 Å². The highest BCUT2D eigenvalue weighted by atomic mass is 15.0. The summed E-state index contributed by atoms with van der Waals surface area (Å²) in [6.07, 6.45) is 3.42. The van der Waals surface area contributed by atoms with Crippen molar-refractivity contribution in [2.24, 2.45) is 0 Å². The summed E-state index contributed by atoms with van der Waals surface area (Å²) in [5.41, 5.74) is 4.71. The van der Waals surface area contributed by atoms with E-state index < -0.39 is 0 Å². The summed E-state index contributed by atoms with van der Waals surface area (Å²) >= 11 is 0. The minimum Gasteiger partial charge on any atom is -0.308 e. The first kappa shape index (κ1) is 13.3. The highest BCUT2D eigenvalue weighted by molar-refractivity contribution is 5.24. The van der Waals surface area contributed by atoms with Crippen LogP contribution in [0, 0.1) is 13.8 Å². The second-order valence-corrected chi connectivity index (χ2v) is 5.73. The highest BCUT2D eigenvalue weighted by Gasteiger charge is 2.20. The Hall–Kier alpha value is -1.74. The van der Waals surface area contributed by atoms with E-state index in [0.717, 1.165) is 30.2 Å². The monoisotopic (exact) mass is 267 g/mol. The minimum atomic E-state index is 0.714. The van der Waals surface area contributed by atoms with Crippen LogP contribution in [0.1, 0.15) is 41.2 Å². The van der Waals surface area contributed by atoms with E-state index in [1.165, 1.54) is 24.0 Å². The third-order valence-electron chi connectivity index (χ3n) is 3.59. The Morgan fingerprint density at radius 2 is 1.85 bits per heavy atom. The molecular weight excluding hydrogens is 246 g/mol. The molecule has 1 heterocycles. The third-order valence-corrected chi connectivity index (χ3v) is 3.59. The molecule has 1 aliphatic carbocycles. The van der Waals surface area contributed by atoms with Crippen molar-refractivity contribution in [3.05, 3.63) is 58.7 Å². The molecule has 1 aromatic carbocycles. The predicted molar refractivity (Wildman–Crippen MR) is 80.6 cm³/mol. The summed E-state index contributed by atoms with van der Waals surface area (Å²) < 4.78 is 0. The first-order valence-electron chi connectivity index (χ1n) is 7.31. The lowest BCUT2D eigenvalue weighted by Crippen LogP contribution is -2.17. The van der Waals surface area contributed by atoms with Crippen LogP contribution in [0.15, 0.2) is 30.3 Å². The van der Waals surface area contributed by atoms with Gasteiger partial charge in [-0.25, -0.2) is 9.97 Å². The first-order chi connectivity index (χ1) is 9.69. The van der Waals surface area contributed by atoms with Gasteiger partial charge in [-0.2, -0.15) is 0 Å². The van der Waals surface area contributed by atoms with Gasteiger partial charge in [0.15, 0.2) is 0 Å². The van der Waals surface area contributed by atoms with Crippen molar-refractivity contribution < 1.29 is 0 Å². The van der Waals surface area contributed by atoms with Crippen molar-refractivity contribution in [3.63, 3.8) is 0 Å². The Bertz CT molecular complexity index is 586. The largest absolute Gasteiger partial charge is 0.308 e. The van der Waals surface area contributed by atoms with E-state index in [1.54, 1.807) is 0 Å². The fourth-order valence-electron chi connectivity index (χ4n) is 2.29. The van der Waals surface area contributed by atoms with Gasteiger partial charge in [-0.3, -0.25) is 0 Å². The summed E-state index contributed by atoms with van der Waals surface area (Å²) in [7, 11) is 0. The number of benzene rings is 1. The van der Waals surface area contributed by atoms with Crippen LogP contribution < -0.4 is 5.32 Å². The van der Waals surface area contributed by atoms with Gasteiger partial charge in [0.05, 0.1) is 5.69 Å². The molecule has 2 aromatic rings. The Morgan fingerprint density at radius 1 is 1.10 bits per heavy atom. The van der Waals surface area contributed by atoms with Gasteiger partial charge in [0.1, 0.15) is 5.82 Å². The molecule has 1 fully saturated rings. The molecule has 1 aromatic heterocycles. The number of aryl methyl sites for hydroxylation is 2. The fourth-order valence-corrected chi connectivity index (χ4v) is 2.29. The molecule has 3 nitrogen and oxygen atoms in total. The predicted octanol–water partition coefficient (Wildman–Crippen LogP) is 2.94. The maximum Gasteiger partial charge on any atom is 0.133 e. The van der Waals surface area contributed by atoms with Crippen LogP contribution >= 0.6 is 0 Å². The summed E-state index contributed by atoms with van der Waals surface area (Å²) in [4.78, 5) is 9.23. The molecule has 0 aliphatic heterocycles. The molecule has 3 rings (SSSR count). The fraction of sp³-hybridized carbons (Fsp3) is 0.412. The van der Waals surface area contributed by atoms with Gasteiger partial charge >= 0.3 is 0 Å². The number of nitrogens with one attached hydrogen (secondary N) is 1. The maximum absolute atomic E-state index is 4.68. The van der Waals surface area contributed by atoms with Crippen molar-refractivity contribution in [1.29, 1.82) is 0 Å². The summed E-state index contributed by atoms with van der Waals surface area (Å²) in [6, 6.07) is 11.4. The quantitative estimate of drug-likeness (QED) is 0.905. The van der Waals surface area contributed by atoms with Crippen molar-refractivity contribution in [2.75, 3.05) is 0 Å². The Balaban J connectivity index is 1.72. The zero-order chi connectivity index (χ0) is 13.9. The van der Waals surface area contributed by atoms with Crippen LogP contribution in [0.5, 0.6) is 0 Å². The Morgan fingerprint density at radius 3 is 2.55 bits per heavy atom. The van der Waals surface area contributed by atoms with Gasteiger partial charge in [-0.05, 0) is 38.3 Å². The van der Waals surface area contributed by atoms with Crippen molar-refractivity contribution in [2.45, 2.75) is 45.7 Å². The second-order valence-electron chi connectivity index (χ2n) is 5.73. The van der Waals surface area contributed by atoms with E-state index in [4.69, 9.17) is 0 Å². The lowest BCUT2D eigenvalue weighted by atomic mass is 10.1. The van der Waals surface area contributed by atoms with Gasteiger partial charge in [0, 0.05) is 24.7 Å². The highest BCUT2D eigenvalue weighted by Crippen LogP contribution is 2.19. The van der Waals surface area contributed by atoms with E-state index in [0.29, 0.717) is 6.04 Å². The average Bonchev–Trinajstić information content (AvgIpc) is 3.23. The molecule has 0 saturated heterocycles. The zero-order valence-electron chi connectivity index (χ0n) is 12.2. The molecule has 1 aliphatic rings. The van der Waals surface area contributed by atoms with Gasteiger partial charge in [-0.15, -0.1) is 0 Å². The van der Waals surface area contributed by atoms with E-state index in [2.05, 4.69) is 52.5 Å². The molecule has 104 valence electrons. The van der Waals surface area contributed by atoms with Gasteiger partial charge in [0.25, 0.3) is 0 Å². The van der Waals surface area contributed by atoms with Crippen molar-refractivity contribution in [3.8, 4) is 0 Å². The van der Waals surface area contributed by atoms with Gasteiger partial charge in [-0.1, -0.05) is 29.8 Å². The smallest absolute Gasteiger partial charge is 0.133 e. The number of aromatic nitrogens is 2. The lowest BCUT2D eigenvalue weighted by Gasteiger charge is -2.07. The number of rotatable bonds is 5. The molecular formula is C17H21N3. The molecule has 20 heavy (non-hydrogen) atoms. The van der Waals surface area contributed by atoms with E-state index in [9.17, 15) is 0 Å². The SMILES string of the molecule is Cc1ccc(Cc2nc(C)cc(CNC3CC3)n2)cc1. The van der Waals surface area contributed by atoms with Gasteiger partial charge < -0.3 is 5.32 Å². The van der Waals surface area contributed by atoms with Crippen molar-refractivity contribution in [1.82, 2.24) is 15.3 Å². The summed E-state index contributed by atoms with van der Waals surface area (Å²) in [5.74, 6) is 0.918. The molecule has 0 radical (unpaired) electrons. The normalized spacial score (nSPS) is 14.5. The Kier molecular flexibility index (Phi) is 3.79. The molecule has 0 amide bonds. The average molecular weight is 267 g/mol. The molecule has 0 atom stereocenters. The molecule has 3 heteroatoms. The topological polar surface area (TPSA) is 37.8 Å². The third kappa shape index (κ3) is 3.64. The number of hydrogen-bond acceptors (Lipinski definition) is 3. The number of nitrogens with zero attached hydrogens (tertiary/aromatic N) is 2. The van der Waals surface area contributed by atoms with Crippen LogP contribution in [0.25, 0.3) is 0 Å². The molecule has 0 bridgehead atoms. The molecule has 0 spiro atoms. The maximum atomic E-state index is 4.68. The standard InChI is InChI=1S/C17H21N3/c1-12-3-5-14(6-4-12)10-17-19-13(2)9-16(20-17)11-18-15-7-8-15/h3-6,9,15,18H,7-8,10-11H2,1-2H3. The summed E-state index contributed by atoms with van der Waals surface area (Å²) in [6.45, 7) is 5.00. The lowest BCUT2D eigenvalue weighted by molar-refractivity contribution is 0.667. The van der Waals surface area contributed by atoms with Crippen LogP contribution in [-0.4, -0.2) is 16.0 Å². The molecule has 1 N–H and O–H groups in total. The Labute approximate surface area is 120 Å². The van der Waals surface area contributed by atoms with E-state index in [1.807, 2.05) is 6.92 Å². The number of hydrogen-bond donors (Lipinski definition) is 1. The minimum absolute atomic E-state index is 0.714.